The molecule has 0 spiro atoms. The highest BCUT2D eigenvalue weighted by molar-refractivity contribution is 5.31. The summed E-state index contributed by atoms with van der Waals surface area (Å²) in [6.07, 6.45) is 2.62. The molecule has 4 nitrogen and oxygen atoms in total. The molecular formula is C22H28FNO3. The molecule has 0 radical (unpaired) electrons. The fourth-order valence-electron chi connectivity index (χ4n) is 3.55. The van der Waals surface area contributed by atoms with Gasteiger partial charge in [-0.1, -0.05) is 30.3 Å². The highest BCUT2D eigenvalue weighted by atomic mass is 19.1. The maximum atomic E-state index is 13.8. The van der Waals surface area contributed by atoms with Gasteiger partial charge < -0.3 is 19.9 Å². The lowest BCUT2D eigenvalue weighted by atomic mass is 9.89. The first-order valence-corrected chi connectivity index (χ1v) is 9.52. The third kappa shape index (κ3) is 5.06. The Morgan fingerprint density at radius 1 is 1.26 bits per heavy atom. The average molecular weight is 373 g/mol. The van der Waals surface area contributed by atoms with Crippen molar-refractivity contribution in [3.8, 4) is 5.75 Å². The van der Waals surface area contributed by atoms with Crippen molar-refractivity contribution in [3.05, 3.63) is 65.0 Å². The van der Waals surface area contributed by atoms with Gasteiger partial charge in [0, 0.05) is 12.6 Å². The maximum Gasteiger partial charge on any atom is 0.165 e. The second-order valence-electron chi connectivity index (χ2n) is 7.09. The third-order valence-electron chi connectivity index (χ3n) is 5.14. The lowest BCUT2D eigenvalue weighted by molar-refractivity contribution is -0.0173. The van der Waals surface area contributed by atoms with Gasteiger partial charge in [-0.15, -0.1) is 0 Å². The van der Waals surface area contributed by atoms with Gasteiger partial charge >= 0.3 is 0 Å². The molecule has 0 amide bonds. The quantitative estimate of drug-likeness (QED) is 0.736. The molecule has 5 heteroatoms. The van der Waals surface area contributed by atoms with Gasteiger partial charge in [-0.3, -0.25) is 0 Å². The van der Waals surface area contributed by atoms with E-state index in [1.807, 2.05) is 19.1 Å². The van der Waals surface area contributed by atoms with Gasteiger partial charge in [0.25, 0.3) is 0 Å². The van der Waals surface area contributed by atoms with Gasteiger partial charge in [-0.2, -0.15) is 0 Å². The highest BCUT2D eigenvalue weighted by Gasteiger charge is 2.21. The first kappa shape index (κ1) is 19.8. The Hall–Kier alpha value is -1.95. The van der Waals surface area contributed by atoms with Crippen molar-refractivity contribution in [2.45, 2.75) is 44.4 Å². The Morgan fingerprint density at radius 2 is 2.07 bits per heavy atom. The summed E-state index contributed by atoms with van der Waals surface area (Å²) >= 11 is 0. The van der Waals surface area contributed by atoms with Gasteiger partial charge in [0.05, 0.1) is 25.9 Å². The number of benzene rings is 2. The Morgan fingerprint density at radius 3 is 2.85 bits per heavy atom. The molecule has 0 aliphatic heterocycles. The Balaban J connectivity index is 1.47. The second kappa shape index (κ2) is 9.31. The summed E-state index contributed by atoms with van der Waals surface area (Å²) in [5, 5.41) is 13.5. The molecule has 1 aliphatic rings. The molecule has 0 saturated heterocycles. The summed E-state index contributed by atoms with van der Waals surface area (Å²) in [6.45, 7) is 2.59. The van der Waals surface area contributed by atoms with Crippen LogP contribution in [0.1, 0.15) is 48.6 Å². The number of aliphatic hydroxyl groups is 1. The van der Waals surface area contributed by atoms with E-state index >= 15 is 0 Å². The molecule has 2 N–H and O–H groups in total. The van der Waals surface area contributed by atoms with Crippen LogP contribution in [0.15, 0.2) is 42.5 Å². The van der Waals surface area contributed by atoms with Crippen LogP contribution in [-0.2, 0) is 11.2 Å². The first-order chi connectivity index (χ1) is 13.1. The topological polar surface area (TPSA) is 50.7 Å². The monoisotopic (exact) mass is 373 g/mol. The van der Waals surface area contributed by atoms with E-state index in [1.54, 1.807) is 6.07 Å². The van der Waals surface area contributed by atoms with Crippen LogP contribution in [0.3, 0.4) is 0 Å². The minimum Gasteiger partial charge on any atom is -0.494 e. The summed E-state index contributed by atoms with van der Waals surface area (Å²) < 4.78 is 24.8. The smallest absolute Gasteiger partial charge is 0.165 e. The molecule has 2 aromatic rings. The number of methoxy groups -OCH3 is 1. The van der Waals surface area contributed by atoms with Crippen LogP contribution in [0.2, 0.25) is 0 Å². The minimum atomic E-state index is -0.621. The van der Waals surface area contributed by atoms with E-state index in [1.165, 1.54) is 24.3 Å². The summed E-state index contributed by atoms with van der Waals surface area (Å²) in [4.78, 5) is 0. The zero-order valence-corrected chi connectivity index (χ0v) is 16.0. The van der Waals surface area contributed by atoms with Crippen molar-refractivity contribution >= 4 is 0 Å². The number of aliphatic hydroxyl groups excluding tert-OH is 1. The molecule has 146 valence electrons. The van der Waals surface area contributed by atoms with Crippen LogP contribution in [0, 0.1) is 5.82 Å². The minimum absolute atomic E-state index is 0.0534. The Bertz CT molecular complexity index is 752. The van der Waals surface area contributed by atoms with Crippen LogP contribution < -0.4 is 10.1 Å². The zero-order valence-electron chi connectivity index (χ0n) is 16.0. The number of fused-ring (bicyclic) bond motifs is 1. The third-order valence-corrected chi connectivity index (χ3v) is 5.14. The molecule has 27 heavy (non-hydrogen) atoms. The van der Waals surface area contributed by atoms with E-state index in [2.05, 4.69) is 23.5 Å². The number of hydrogen-bond acceptors (Lipinski definition) is 4. The Labute approximate surface area is 160 Å². The number of aryl methyl sites for hydroxylation is 1. The van der Waals surface area contributed by atoms with E-state index in [4.69, 9.17) is 9.47 Å². The molecular weight excluding hydrogens is 345 g/mol. The van der Waals surface area contributed by atoms with Crippen molar-refractivity contribution in [3.63, 3.8) is 0 Å². The fraction of sp³-hybridized carbons (Fsp3) is 0.455. The molecule has 0 aromatic heterocycles. The van der Waals surface area contributed by atoms with Gasteiger partial charge in [0.2, 0.25) is 0 Å². The molecule has 0 unspecified atom stereocenters. The predicted molar refractivity (Wildman–Crippen MR) is 103 cm³/mol. The molecule has 2 aromatic carbocycles. The van der Waals surface area contributed by atoms with Crippen molar-refractivity contribution in [1.82, 2.24) is 5.32 Å². The molecule has 0 saturated carbocycles. The van der Waals surface area contributed by atoms with Gasteiger partial charge in [0.1, 0.15) is 0 Å². The number of hydrogen-bond donors (Lipinski definition) is 2. The molecule has 3 atom stereocenters. The van der Waals surface area contributed by atoms with Crippen molar-refractivity contribution < 1.29 is 19.0 Å². The zero-order chi connectivity index (χ0) is 19.2. The Kier molecular flexibility index (Phi) is 6.83. The number of rotatable bonds is 8. The largest absolute Gasteiger partial charge is 0.494 e. The normalized spacial score (nSPS) is 18.6. The van der Waals surface area contributed by atoms with E-state index in [0.717, 1.165) is 24.8 Å². The van der Waals surface area contributed by atoms with E-state index in [9.17, 15) is 9.50 Å². The summed E-state index contributed by atoms with van der Waals surface area (Å²) in [7, 11) is 1.45. The lowest BCUT2D eigenvalue weighted by Crippen LogP contribution is -2.33. The standard InChI is InChI=1S/C22H28FNO3/c1-15(17-10-11-22(26-2)20(23)12-17)24-13-18(25)14-27-21-9-5-7-16-6-3-4-8-19(16)21/h3-4,6,8,10-12,15,18,21,24-25H,5,7,9,13-14H2,1-2H3/t15-,18-,21+/m0/s1. The molecule has 3 rings (SSSR count). The van der Waals surface area contributed by atoms with E-state index in [-0.39, 0.29) is 30.3 Å². The van der Waals surface area contributed by atoms with E-state index < -0.39 is 6.10 Å². The molecule has 0 heterocycles. The number of ether oxygens (including phenoxy) is 2. The van der Waals surface area contributed by atoms with Crippen LogP contribution >= 0.6 is 0 Å². The van der Waals surface area contributed by atoms with Gasteiger partial charge in [-0.05, 0) is 55.0 Å². The van der Waals surface area contributed by atoms with E-state index in [0.29, 0.717) is 6.54 Å². The average Bonchev–Trinajstić information content (AvgIpc) is 2.70. The number of nitrogens with one attached hydrogen (secondary N) is 1. The predicted octanol–water partition coefficient (Wildman–Crippen LogP) is 3.94. The fourth-order valence-corrected chi connectivity index (χ4v) is 3.55. The van der Waals surface area contributed by atoms with Crippen LogP contribution in [0.5, 0.6) is 5.75 Å². The molecule has 0 bridgehead atoms. The van der Waals surface area contributed by atoms with Gasteiger partial charge in [0.15, 0.2) is 11.6 Å². The van der Waals surface area contributed by atoms with Gasteiger partial charge in [-0.25, -0.2) is 4.39 Å². The maximum absolute atomic E-state index is 13.8. The lowest BCUT2D eigenvalue weighted by Gasteiger charge is -2.27. The first-order valence-electron chi connectivity index (χ1n) is 9.52. The van der Waals surface area contributed by atoms with Crippen LogP contribution in [0.4, 0.5) is 4.39 Å². The summed E-state index contributed by atoms with van der Waals surface area (Å²) in [6, 6.07) is 13.2. The van der Waals surface area contributed by atoms with Crippen molar-refractivity contribution in [2.24, 2.45) is 0 Å². The number of halogens is 1. The summed E-state index contributed by atoms with van der Waals surface area (Å²) in [5.41, 5.74) is 3.39. The summed E-state index contributed by atoms with van der Waals surface area (Å²) in [5.74, 6) is -0.157. The van der Waals surface area contributed by atoms with Crippen LogP contribution in [0.25, 0.3) is 0 Å². The second-order valence-corrected chi connectivity index (χ2v) is 7.09. The van der Waals surface area contributed by atoms with Crippen molar-refractivity contribution in [2.75, 3.05) is 20.3 Å². The molecule has 1 aliphatic carbocycles. The SMILES string of the molecule is COc1ccc([C@H](C)NC[C@H](O)CO[C@@H]2CCCc3ccccc32)cc1F. The molecule has 0 fully saturated rings. The van der Waals surface area contributed by atoms with Crippen molar-refractivity contribution in [1.29, 1.82) is 0 Å². The highest BCUT2D eigenvalue weighted by Crippen LogP contribution is 2.32. The van der Waals surface area contributed by atoms with Crippen LogP contribution in [-0.4, -0.2) is 31.5 Å².